The lowest BCUT2D eigenvalue weighted by Crippen LogP contribution is -2.03. The highest BCUT2D eigenvalue weighted by atomic mass is 16.1. The highest BCUT2D eigenvalue weighted by molar-refractivity contribution is 6.03. The molecule has 0 aliphatic heterocycles. The molecule has 2 N–H and O–H groups in total. The Balaban J connectivity index is 3.37. The number of aldehydes is 1. The van der Waals surface area contributed by atoms with Crippen LogP contribution in [0, 0.1) is 0 Å². The molecule has 1 rings (SSSR count). The molecule has 0 spiro atoms. The molecular formula is C8H8N2O2. The monoisotopic (exact) mass is 164 g/mol. The fourth-order valence-corrected chi connectivity index (χ4v) is 0.899. The van der Waals surface area contributed by atoms with Crippen LogP contribution in [-0.4, -0.2) is 17.1 Å². The number of ketones is 1. The van der Waals surface area contributed by atoms with Crippen molar-refractivity contribution in [3.63, 3.8) is 0 Å². The first-order valence-electron chi connectivity index (χ1n) is 3.36. The maximum atomic E-state index is 10.9. The molecule has 1 aromatic heterocycles. The summed E-state index contributed by atoms with van der Waals surface area (Å²) in [4.78, 5) is 25.1. The van der Waals surface area contributed by atoms with Gasteiger partial charge < -0.3 is 5.73 Å². The lowest BCUT2D eigenvalue weighted by molar-refractivity contribution is 0.100. The molecule has 0 unspecified atom stereocenters. The topological polar surface area (TPSA) is 73.1 Å². The van der Waals surface area contributed by atoms with Gasteiger partial charge in [0.1, 0.15) is 0 Å². The smallest absolute Gasteiger partial charge is 0.162 e. The van der Waals surface area contributed by atoms with Crippen molar-refractivity contribution in [2.75, 3.05) is 5.73 Å². The summed E-state index contributed by atoms with van der Waals surface area (Å²) >= 11 is 0. The Bertz CT molecular complexity index is 334. The predicted octanol–water partition coefficient (Wildman–Crippen LogP) is 0.679. The first-order chi connectivity index (χ1) is 5.66. The van der Waals surface area contributed by atoms with Crippen molar-refractivity contribution in [1.29, 1.82) is 0 Å². The highest BCUT2D eigenvalue weighted by Gasteiger charge is 2.09. The second-order valence-corrected chi connectivity index (χ2v) is 2.36. The lowest BCUT2D eigenvalue weighted by atomic mass is 10.1. The van der Waals surface area contributed by atoms with E-state index in [9.17, 15) is 9.59 Å². The number of anilines is 1. The van der Waals surface area contributed by atoms with Crippen molar-refractivity contribution in [2.45, 2.75) is 6.92 Å². The minimum absolute atomic E-state index is 0.211. The number of nitrogen functional groups attached to an aromatic ring is 1. The molecule has 0 saturated heterocycles. The molecule has 0 fully saturated rings. The van der Waals surface area contributed by atoms with Crippen molar-refractivity contribution < 1.29 is 9.59 Å². The highest BCUT2D eigenvalue weighted by Crippen LogP contribution is 2.12. The van der Waals surface area contributed by atoms with Crippen LogP contribution >= 0.6 is 0 Å². The SMILES string of the molecule is CC(=O)c1cncc(N)c1C=O. The van der Waals surface area contributed by atoms with Gasteiger partial charge in [0, 0.05) is 11.8 Å². The molecule has 12 heavy (non-hydrogen) atoms. The zero-order valence-electron chi connectivity index (χ0n) is 6.57. The summed E-state index contributed by atoms with van der Waals surface area (Å²) in [5, 5.41) is 0. The van der Waals surface area contributed by atoms with E-state index in [2.05, 4.69) is 4.98 Å². The molecular weight excluding hydrogens is 156 g/mol. The first-order valence-corrected chi connectivity index (χ1v) is 3.36. The van der Waals surface area contributed by atoms with E-state index in [1.165, 1.54) is 19.3 Å². The Hall–Kier alpha value is -1.71. The summed E-state index contributed by atoms with van der Waals surface area (Å²) in [7, 11) is 0. The van der Waals surface area contributed by atoms with Crippen molar-refractivity contribution in [1.82, 2.24) is 4.98 Å². The van der Waals surface area contributed by atoms with Gasteiger partial charge in [-0.05, 0) is 6.92 Å². The third kappa shape index (κ3) is 1.32. The number of nitrogens with zero attached hydrogens (tertiary/aromatic N) is 1. The number of rotatable bonds is 2. The zero-order valence-corrected chi connectivity index (χ0v) is 6.57. The number of carbonyl (C=O) groups excluding carboxylic acids is 2. The second-order valence-electron chi connectivity index (χ2n) is 2.36. The van der Waals surface area contributed by atoms with Crippen LogP contribution in [0.15, 0.2) is 12.4 Å². The normalized spacial score (nSPS) is 9.42. The number of hydrogen-bond donors (Lipinski definition) is 1. The predicted molar refractivity (Wildman–Crippen MR) is 44.0 cm³/mol. The molecule has 4 heteroatoms. The molecule has 0 bridgehead atoms. The Labute approximate surface area is 69.4 Å². The van der Waals surface area contributed by atoms with Gasteiger partial charge in [0.2, 0.25) is 0 Å². The van der Waals surface area contributed by atoms with Crippen LogP contribution in [0.1, 0.15) is 27.6 Å². The average Bonchev–Trinajstić information content (AvgIpc) is 2.03. The van der Waals surface area contributed by atoms with Gasteiger partial charge in [-0.1, -0.05) is 0 Å². The summed E-state index contributed by atoms with van der Waals surface area (Å²) in [6.07, 6.45) is 3.24. The first kappa shape index (κ1) is 8.39. The van der Waals surface area contributed by atoms with Crippen molar-refractivity contribution >= 4 is 17.8 Å². The maximum absolute atomic E-state index is 10.9. The summed E-state index contributed by atoms with van der Waals surface area (Å²) in [6.45, 7) is 1.36. The Morgan fingerprint density at radius 1 is 1.58 bits per heavy atom. The number of pyridine rings is 1. The Morgan fingerprint density at radius 3 is 2.67 bits per heavy atom. The third-order valence-electron chi connectivity index (χ3n) is 1.52. The van der Waals surface area contributed by atoms with E-state index >= 15 is 0 Å². The van der Waals surface area contributed by atoms with Gasteiger partial charge in [-0.2, -0.15) is 0 Å². The van der Waals surface area contributed by atoms with E-state index in [0.717, 1.165) is 0 Å². The van der Waals surface area contributed by atoms with Gasteiger partial charge in [0.05, 0.1) is 17.4 Å². The summed E-state index contributed by atoms with van der Waals surface area (Å²) in [5.74, 6) is -0.211. The van der Waals surface area contributed by atoms with E-state index in [-0.39, 0.29) is 22.6 Å². The van der Waals surface area contributed by atoms with Gasteiger partial charge in [-0.25, -0.2) is 0 Å². The van der Waals surface area contributed by atoms with Gasteiger partial charge in [0.25, 0.3) is 0 Å². The molecule has 0 radical (unpaired) electrons. The van der Waals surface area contributed by atoms with Crippen LogP contribution in [-0.2, 0) is 0 Å². The summed E-state index contributed by atoms with van der Waals surface area (Å²) < 4.78 is 0. The van der Waals surface area contributed by atoms with E-state index in [1.807, 2.05) is 0 Å². The zero-order chi connectivity index (χ0) is 9.14. The standard InChI is InChI=1S/C8H8N2O2/c1-5(12)6-2-10-3-8(9)7(6)4-11/h2-4H,9H2,1H3. The van der Waals surface area contributed by atoms with Crippen molar-refractivity contribution in [3.8, 4) is 0 Å². The molecule has 4 nitrogen and oxygen atoms in total. The average molecular weight is 164 g/mol. The minimum Gasteiger partial charge on any atom is -0.397 e. The fourth-order valence-electron chi connectivity index (χ4n) is 0.899. The van der Waals surface area contributed by atoms with Gasteiger partial charge in [-0.15, -0.1) is 0 Å². The molecule has 0 aliphatic carbocycles. The maximum Gasteiger partial charge on any atom is 0.162 e. The van der Waals surface area contributed by atoms with Crippen LogP contribution in [0.2, 0.25) is 0 Å². The largest absolute Gasteiger partial charge is 0.397 e. The summed E-state index contributed by atoms with van der Waals surface area (Å²) in [6, 6.07) is 0. The van der Waals surface area contributed by atoms with Crippen LogP contribution in [0.5, 0.6) is 0 Å². The van der Waals surface area contributed by atoms with E-state index < -0.39 is 0 Å². The third-order valence-corrected chi connectivity index (χ3v) is 1.52. The number of Topliss-reactive ketones (excluding diaryl/α,β-unsaturated/α-hetero) is 1. The van der Waals surface area contributed by atoms with Crippen LogP contribution < -0.4 is 5.73 Å². The minimum atomic E-state index is -0.211. The molecule has 0 aliphatic rings. The second kappa shape index (κ2) is 3.13. The van der Waals surface area contributed by atoms with Crippen LogP contribution in [0.25, 0.3) is 0 Å². The van der Waals surface area contributed by atoms with E-state index in [4.69, 9.17) is 5.73 Å². The van der Waals surface area contributed by atoms with Crippen LogP contribution in [0.3, 0.4) is 0 Å². The van der Waals surface area contributed by atoms with Crippen LogP contribution in [0.4, 0.5) is 5.69 Å². The van der Waals surface area contributed by atoms with Gasteiger partial charge >= 0.3 is 0 Å². The molecule has 1 aromatic rings. The molecule has 0 atom stereocenters. The van der Waals surface area contributed by atoms with E-state index in [0.29, 0.717) is 6.29 Å². The number of hydrogen-bond acceptors (Lipinski definition) is 4. The number of aromatic nitrogens is 1. The quantitative estimate of drug-likeness (QED) is 0.515. The molecule has 0 aromatic carbocycles. The molecule has 0 amide bonds. The molecule has 62 valence electrons. The lowest BCUT2D eigenvalue weighted by Gasteiger charge is -2.01. The number of nitrogens with two attached hydrogens (primary N) is 1. The van der Waals surface area contributed by atoms with Crippen molar-refractivity contribution in [2.24, 2.45) is 0 Å². The van der Waals surface area contributed by atoms with Gasteiger partial charge in [0.15, 0.2) is 12.1 Å². The fraction of sp³-hybridized carbons (Fsp3) is 0.125. The van der Waals surface area contributed by atoms with Gasteiger partial charge in [-0.3, -0.25) is 14.6 Å². The Kier molecular flexibility index (Phi) is 2.19. The number of carbonyl (C=O) groups is 2. The van der Waals surface area contributed by atoms with E-state index in [1.54, 1.807) is 0 Å². The summed E-state index contributed by atoms with van der Waals surface area (Å²) in [5.41, 5.74) is 6.15. The Morgan fingerprint density at radius 2 is 2.25 bits per heavy atom. The van der Waals surface area contributed by atoms with Crippen molar-refractivity contribution in [3.05, 3.63) is 23.5 Å². The molecule has 0 saturated carbocycles. The molecule has 1 heterocycles.